The lowest BCUT2D eigenvalue weighted by atomic mass is 10.1. The van der Waals surface area contributed by atoms with Crippen LogP contribution in [0.2, 0.25) is 0 Å². The number of ether oxygens (including phenoxy) is 3. The van der Waals surface area contributed by atoms with Crippen molar-refractivity contribution in [1.29, 1.82) is 0 Å². The van der Waals surface area contributed by atoms with E-state index < -0.39 is 5.97 Å². The van der Waals surface area contributed by atoms with E-state index in [9.17, 15) is 4.79 Å². The highest BCUT2D eigenvalue weighted by molar-refractivity contribution is 5.70. The van der Waals surface area contributed by atoms with Gasteiger partial charge in [0.15, 0.2) is 0 Å². The maximum atomic E-state index is 10.8. The summed E-state index contributed by atoms with van der Waals surface area (Å²) in [6, 6.07) is 7.44. The normalized spacial score (nSPS) is 10.7. The van der Waals surface area contributed by atoms with Gasteiger partial charge in [0, 0.05) is 20.3 Å². The van der Waals surface area contributed by atoms with E-state index in [2.05, 4.69) is 0 Å². The fourth-order valence-electron chi connectivity index (χ4n) is 1.72. The van der Waals surface area contributed by atoms with Crippen LogP contribution in [0.3, 0.4) is 0 Å². The van der Waals surface area contributed by atoms with Gasteiger partial charge in [-0.3, -0.25) is 4.79 Å². The number of hydrogen-bond donors (Lipinski definition) is 1. The van der Waals surface area contributed by atoms with Gasteiger partial charge in [0.2, 0.25) is 0 Å². The zero-order chi connectivity index (χ0) is 14.6. The lowest BCUT2D eigenvalue weighted by molar-refractivity contribution is -0.136. The molecule has 0 saturated heterocycles. The van der Waals surface area contributed by atoms with Crippen molar-refractivity contribution >= 4 is 5.97 Å². The van der Waals surface area contributed by atoms with Gasteiger partial charge in [-0.1, -0.05) is 24.3 Å². The number of benzene rings is 1. The Morgan fingerprint density at radius 1 is 1.05 bits per heavy atom. The molecule has 0 aliphatic rings. The quantitative estimate of drug-likeness (QED) is 0.628. The van der Waals surface area contributed by atoms with E-state index >= 15 is 0 Å². The van der Waals surface area contributed by atoms with Crippen LogP contribution in [-0.4, -0.2) is 44.6 Å². The molecule has 0 aromatic heterocycles. The maximum Gasteiger partial charge on any atom is 0.307 e. The first-order chi connectivity index (χ1) is 9.74. The van der Waals surface area contributed by atoms with Gasteiger partial charge in [0.1, 0.15) is 0 Å². The third-order valence-electron chi connectivity index (χ3n) is 2.73. The Balaban J connectivity index is 2.20. The molecule has 0 fully saturated rings. The Morgan fingerprint density at radius 3 is 2.45 bits per heavy atom. The average Bonchev–Trinajstić information content (AvgIpc) is 2.43. The highest BCUT2D eigenvalue weighted by Gasteiger charge is 2.06. The van der Waals surface area contributed by atoms with Gasteiger partial charge in [0.05, 0.1) is 26.2 Å². The largest absolute Gasteiger partial charge is 0.481 e. The summed E-state index contributed by atoms with van der Waals surface area (Å²) in [6.45, 7) is 2.86. The molecule has 0 saturated carbocycles. The highest BCUT2D eigenvalue weighted by atomic mass is 16.5. The van der Waals surface area contributed by atoms with Gasteiger partial charge in [-0.05, 0) is 17.5 Å². The second-order valence-corrected chi connectivity index (χ2v) is 4.35. The van der Waals surface area contributed by atoms with Crippen LogP contribution in [-0.2, 0) is 32.0 Å². The summed E-state index contributed by atoms with van der Waals surface area (Å²) in [4.78, 5) is 10.8. The summed E-state index contributed by atoms with van der Waals surface area (Å²) in [6.07, 6.45) is 0.838. The Hall–Kier alpha value is -1.43. The number of aliphatic carboxylic acids is 1. The number of rotatable bonds is 11. The van der Waals surface area contributed by atoms with Crippen LogP contribution < -0.4 is 0 Å². The molecule has 0 unspecified atom stereocenters. The molecule has 0 spiro atoms. The number of methoxy groups -OCH3 is 1. The van der Waals surface area contributed by atoms with Crippen molar-refractivity contribution in [2.75, 3.05) is 33.5 Å². The van der Waals surface area contributed by atoms with Crippen molar-refractivity contribution in [2.45, 2.75) is 19.4 Å². The molecule has 0 bridgehead atoms. The summed E-state index contributed by atoms with van der Waals surface area (Å²) in [5.74, 6) is -0.830. The molecule has 0 atom stereocenters. The number of carbonyl (C=O) groups is 1. The molecule has 1 rings (SSSR count). The first-order valence-corrected chi connectivity index (χ1v) is 6.67. The summed E-state index contributed by atoms with van der Waals surface area (Å²) in [7, 11) is 1.64. The molecule has 0 radical (unpaired) electrons. The van der Waals surface area contributed by atoms with E-state index in [4.69, 9.17) is 19.3 Å². The molecular weight excluding hydrogens is 260 g/mol. The molecule has 5 heteroatoms. The van der Waals surface area contributed by atoms with E-state index in [1.54, 1.807) is 7.11 Å². The van der Waals surface area contributed by atoms with E-state index in [0.717, 1.165) is 17.5 Å². The molecule has 1 aromatic rings. The summed E-state index contributed by atoms with van der Waals surface area (Å²) in [5, 5.41) is 8.84. The van der Waals surface area contributed by atoms with Crippen molar-refractivity contribution < 1.29 is 24.1 Å². The van der Waals surface area contributed by atoms with Crippen molar-refractivity contribution in [2.24, 2.45) is 0 Å². The molecule has 20 heavy (non-hydrogen) atoms. The first kappa shape index (κ1) is 16.6. The zero-order valence-electron chi connectivity index (χ0n) is 11.8. The molecule has 1 N–H and O–H groups in total. The minimum absolute atomic E-state index is 0.0274. The molecule has 0 amide bonds. The standard InChI is InChI=1S/C15H22O5/c1-18-9-10-19-7-4-8-20-12-14-6-3-2-5-13(14)11-15(16)17/h2-3,5-6H,4,7-12H2,1H3,(H,16,17). The predicted molar refractivity (Wildman–Crippen MR) is 74.7 cm³/mol. The summed E-state index contributed by atoms with van der Waals surface area (Å²) < 4.78 is 15.7. The molecule has 0 aliphatic carbocycles. The predicted octanol–water partition coefficient (Wildman–Crippen LogP) is 1.88. The SMILES string of the molecule is COCCOCCCOCc1ccccc1CC(=O)O. The second kappa shape index (κ2) is 10.4. The summed E-state index contributed by atoms with van der Waals surface area (Å²) >= 11 is 0. The fraction of sp³-hybridized carbons (Fsp3) is 0.533. The number of hydrogen-bond acceptors (Lipinski definition) is 4. The van der Waals surface area contributed by atoms with E-state index in [-0.39, 0.29) is 6.42 Å². The van der Waals surface area contributed by atoms with E-state index in [1.165, 1.54) is 0 Å². The zero-order valence-corrected chi connectivity index (χ0v) is 11.8. The monoisotopic (exact) mass is 282 g/mol. The molecule has 112 valence electrons. The molecule has 5 nitrogen and oxygen atoms in total. The van der Waals surface area contributed by atoms with Crippen LogP contribution in [0, 0.1) is 0 Å². The molecule has 0 heterocycles. The molecular formula is C15H22O5. The Morgan fingerprint density at radius 2 is 1.75 bits per heavy atom. The second-order valence-electron chi connectivity index (χ2n) is 4.35. The highest BCUT2D eigenvalue weighted by Crippen LogP contribution is 2.11. The maximum absolute atomic E-state index is 10.8. The van der Waals surface area contributed by atoms with E-state index in [0.29, 0.717) is 33.0 Å². The molecule has 0 aliphatic heterocycles. The van der Waals surface area contributed by atoms with Crippen LogP contribution in [0.4, 0.5) is 0 Å². The van der Waals surface area contributed by atoms with Crippen molar-refractivity contribution in [3.05, 3.63) is 35.4 Å². The van der Waals surface area contributed by atoms with Crippen molar-refractivity contribution in [1.82, 2.24) is 0 Å². The van der Waals surface area contributed by atoms with Gasteiger partial charge in [-0.2, -0.15) is 0 Å². The Kier molecular flexibility index (Phi) is 8.62. The third kappa shape index (κ3) is 7.23. The topological polar surface area (TPSA) is 65.0 Å². The van der Waals surface area contributed by atoms with Crippen molar-refractivity contribution in [3.8, 4) is 0 Å². The average molecular weight is 282 g/mol. The van der Waals surface area contributed by atoms with Crippen molar-refractivity contribution in [3.63, 3.8) is 0 Å². The lowest BCUT2D eigenvalue weighted by Gasteiger charge is -2.09. The Bertz CT molecular complexity index is 392. The number of carboxylic acids is 1. The lowest BCUT2D eigenvalue weighted by Crippen LogP contribution is -2.07. The van der Waals surface area contributed by atoms with E-state index in [1.807, 2.05) is 24.3 Å². The van der Waals surface area contributed by atoms with Gasteiger partial charge in [-0.15, -0.1) is 0 Å². The van der Waals surface area contributed by atoms with Crippen LogP contribution >= 0.6 is 0 Å². The van der Waals surface area contributed by atoms with Crippen LogP contribution in [0.5, 0.6) is 0 Å². The summed E-state index contributed by atoms with van der Waals surface area (Å²) in [5.41, 5.74) is 1.73. The van der Waals surface area contributed by atoms with Crippen LogP contribution in [0.1, 0.15) is 17.5 Å². The smallest absolute Gasteiger partial charge is 0.307 e. The Labute approximate surface area is 119 Å². The third-order valence-corrected chi connectivity index (χ3v) is 2.73. The van der Waals surface area contributed by atoms with Gasteiger partial charge in [-0.25, -0.2) is 0 Å². The first-order valence-electron chi connectivity index (χ1n) is 6.67. The van der Waals surface area contributed by atoms with Gasteiger partial charge < -0.3 is 19.3 Å². The van der Waals surface area contributed by atoms with Crippen LogP contribution in [0.25, 0.3) is 0 Å². The van der Waals surface area contributed by atoms with Gasteiger partial charge in [0.25, 0.3) is 0 Å². The minimum atomic E-state index is -0.830. The number of carboxylic acid groups (broad SMARTS) is 1. The molecule has 1 aromatic carbocycles. The minimum Gasteiger partial charge on any atom is -0.481 e. The van der Waals surface area contributed by atoms with Crippen LogP contribution in [0.15, 0.2) is 24.3 Å². The fourth-order valence-corrected chi connectivity index (χ4v) is 1.72. The van der Waals surface area contributed by atoms with Gasteiger partial charge >= 0.3 is 5.97 Å².